The molecule has 158 valence electrons. The molecule has 0 aliphatic heterocycles. The van der Waals surface area contributed by atoms with E-state index in [1.807, 2.05) is 61.7 Å². The third-order valence-corrected chi connectivity index (χ3v) is 4.90. The van der Waals surface area contributed by atoms with E-state index in [4.69, 9.17) is 5.73 Å². The van der Waals surface area contributed by atoms with Crippen molar-refractivity contribution in [3.8, 4) is 17.1 Å². The van der Waals surface area contributed by atoms with E-state index >= 15 is 0 Å². The Labute approximate surface area is 180 Å². The number of aromatic nitrogens is 6. The molecule has 11 nitrogen and oxygen atoms in total. The summed E-state index contributed by atoms with van der Waals surface area (Å²) in [7, 11) is 0. The highest BCUT2D eigenvalue weighted by atomic mass is 16.6. The van der Waals surface area contributed by atoms with Crippen LogP contribution in [0.5, 0.6) is 0 Å². The van der Waals surface area contributed by atoms with Crippen molar-refractivity contribution >= 4 is 28.8 Å². The number of amides is 1. The summed E-state index contributed by atoms with van der Waals surface area (Å²) in [6.45, 7) is 1.96. The lowest BCUT2D eigenvalue weighted by molar-refractivity contribution is 0.0950. The summed E-state index contributed by atoms with van der Waals surface area (Å²) in [5.74, 6) is -0.389. The van der Waals surface area contributed by atoms with Crippen molar-refractivity contribution in [1.29, 1.82) is 0 Å². The van der Waals surface area contributed by atoms with E-state index in [2.05, 4.69) is 40.8 Å². The van der Waals surface area contributed by atoms with Crippen molar-refractivity contribution in [3.63, 3.8) is 0 Å². The van der Waals surface area contributed by atoms with Gasteiger partial charge in [0.15, 0.2) is 5.69 Å². The minimum atomic E-state index is -0.544. The molecule has 0 spiro atoms. The molecular weight excluding hydrogens is 410 g/mol. The van der Waals surface area contributed by atoms with Crippen molar-refractivity contribution in [2.75, 3.05) is 5.73 Å². The van der Waals surface area contributed by atoms with Gasteiger partial charge in [0, 0.05) is 28.2 Å². The molecule has 5 rings (SSSR count). The van der Waals surface area contributed by atoms with E-state index in [9.17, 15) is 4.79 Å². The van der Waals surface area contributed by atoms with Crippen LogP contribution in [0.1, 0.15) is 21.6 Å². The lowest BCUT2D eigenvalue weighted by atomic mass is 10.1. The molecule has 0 atom stereocenters. The molecule has 32 heavy (non-hydrogen) atoms. The second kappa shape index (κ2) is 7.80. The molecule has 4 N–H and O–H groups in total. The summed E-state index contributed by atoms with van der Waals surface area (Å²) in [5, 5.41) is 20.5. The van der Waals surface area contributed by atoms with Gasteiger partial charge in [-0.2, -0.15) is 9.78 Å². The number of benzene rings is 2. The number of fused-ring (bicyclic) bond motifs is 1. The third-order valence-electron chi connectivity index (χ3n) is 4.90. The highest BCUT2D eigenvalue weighted by Crippen LogP contribution is 2.26. The summed E-state index contributed by atoms with van der Waals surface area (Å²) in [6, 6.07) is 15.3. The van der Waals surface area contributed by atoms with Crippen molar-refractivity contribution < 1.29 is 9.42 Å². The number of anilines is 1. The minimum absolute atomic E-state index is 0.0209. The summed E-state index contributed by atoms with van der Waals surface area (Å²) in [6.07, 6.45) is 3.38. The zero-order chi connectivity index (χ0) is 22.1. The molecule has 2 aromatic carbocycles. The number of para-hydroxylation sites is 1. The molecule has 1 amide bonds. The standard InChI is InChI=1S/C21H17N9O2/c1-12-6-8-13(9-7-12)18-17(25-29-30(18)20-19(22)27-32-28-20)21(31)26-24-11-14-10-23-16-5-3-2-4-15(14)16/h2-11,23H,1H3,(H2,22,27)(H,26,31)/b24-11-. The molecular formula is C21H17N9O2. The number of aromatic amines is 1. The fourth-order valence-corrected chi connectivity index (χ4v) is 3.31. The number of carbonyl (C=O) groups excluding carboxylic acids is 1. The van der Waals surface area contributed by atoms with Crippen LogP contribution < -0.4 is 11.2 Å². The first-order valence-electron chi connectivity index (χ1n) is 9.62. The van der Waals surface area contributed by atoms with Gasteiger partial charge >= 0.3 is 0 Å². The average molecular weight is 427 g/mol. The number of H-pyrrole nitrogens is 1. The van der Waals surface area contributed by atoms with Gasteiger partial charge in [-0.1, -0.05) is 53.2 Å². The number of nitrogens with two attached hydrogens (primary N) is 1. The van der Waals surface area contributed by atoms with Gasteiger partial charge in [-0.15, -0.1) is 5.10 Å². The summed E-state index contributed by atoms with van der Waals surface area (Å²) in [5.41, 5.74) is 12.3. The van der Waals surface area contributed by atoms with E-state index in [0.29, 0.717) is 11.3 Å². The van der Waals surface area contributed by atoms with E-state index < -0.39 is 5.91 Å². The number of nitrogen functional groups attached to an aromatic ring is 1. The first-order valence-corrected chi connectivity index (χ1v) is 9.62. The molecule has 5 aromatic rings. The Bertz CT molecular complexity index is 1440. The Morgan fingerprint density at radius 1 is 1.19 bits per heavy atom. The first kappa shape index (κ1) is 19.2. The zero-order valence-electron chi connectivity index (χ0n) is 16.9. The number of hydrazone groups is 1. The normalized spacial score (nSPS) is 11.4. The Morgan fingerprint density at radius 2 is 2.00 bits per heavy atom. The lowest BCUT2D eigenvalue weighted by Crippen LogP contribution is -2.19. The van der Waals surface area contributed by atoms with Gasteiger partial charge in [0.25, 0.3) is 5.91 Å². The number of nitrogens with zero attached hydrogens (tertiary/aromatic N) is 6. The Hall–Kier alpha value is -4.80. The van der Waals surface area contributed by atoms with Crippen LogP contribution >= 0.6 is 0 Å². The van der Waals surface area contributed by atoms with Gasteiger partial charge in [0.2, 0.25) is 11.6 Å². The third kappa shape index (κ3) is 3.37. The number of rotatable bonds is 5. The van der Waals surface area contributed by atoms with Crippen molar-refractivity contribution in [1.82, 2.24) is 35.7 Å². The predicted octanol–water partition coefficient (Wildman–Crippen LogP) is 2.45. The number of hydrogen-bond donors (Lipinski definition) is 3. The maximum absolute atomic E-state index is 12.9. The molecule has 0 saturated heterocycles. The minimum Gasteiger partial charge on any atom is -0.378 e. The quantitative estimate of drug-likeness (QED) is 0.288. The molecule has 3 aromatic heterocycles. The van der Waals surface area contributed by atoms with Gasteiger partial charge in [0.05, 0.1) is 6.21 Å². The Balaban J connectivity index is 1.48. The fraction of sp³-hybridized carbons (Fsp3) is 0.0476. The zero-order valence-corrected chi connectivity index (χ0v) is 16.9. The van der Waals surface area contributed by atoms with Crippen LogP contribution in [0.3, 0.4) is 0 Å². The smallest absolute Gasteiger partial charge is 0.294 e. The Morgan fingerprint density at radius 3 is 2.78 bits per heavy atom. The van der Waals surface area contributed by atoms with Crippen LogP contribution in [-0.2, 0) is 0 Å². The monoisotopic (exact) mass is 427 g/mol. The number of nitrogens with one attached hydrogen (secondary N) is 2. The maximum Gasteiger partial charge on any atom is 0.294 e. The van der Waals surface area contributed by atoms with Crippen molar-refractivity contribution in [3.05, 3.63) is 71.5 Å². The van der Waals surface area contributed by atoms with Crippen LogP contribution in [0.15, 0.2) is 64.5 Å². The van der Waals surface area contributed by atoms with Crippen LogP contribution in [-0.4, -0.2) is 42.4 Å². The second-order valence-electron chi connectivity index (χ2n) is 7.03. The van der Waals surface area contributed by atoms with Crippen molar-refractivity contribution in [2.24, 2.45) is 5.10 Å². The van der Waals surface area contributed by atoms with E-state index in [-0.39, 0.29) is 17.3 Å². The average Bonchev–Trinajstić information content (AvgIpc) is 3.52. The second-order valence-corrected chi connectivity index (χ2v) is 7.03. The molecule has 0 aliphatic carbocycles. The molecule has 3 heterocycles. The van der Waals surface area contributed by atoms with Gasteiger partial charge in [-0.25, -0.2) is 10.1 Å². The van der Waals surface area contributed by atoms with Gasteiger partial charge in [-0.3, -0.25) is 4.79 Å². The SMILES string of the molecule is Cc1ccc(-c2c(C(=O)N/N=C\c3c[nH]c4ccccc34)nnn2-c2nonc2N)cc1. The molecule has 0 fully saturated rings. The number of carbonyl (C=O) groups is 1. The predicted molar refractivity (Wildman–Crippen MR) is 117 cm³/mol. The number of hydrogen-bond acceptors (Lipinski definition) is 8. The largest absolute Gasteiger partial charge is 0.378 e. The maximum atomic E-state index is 12.9. The summed E-state index contributed by atoms with van der Waals surface area (Å²) < 4.78 is 5.99. The fourth-order valence-electron chi connectivity index (χ4n) is 3.31. The Kier molecular flexibility index (Phi) is 4.67. The summed E-state index contributed by atoms with van der Waals surface area (Å²) in [4.78, 5) is 16.1. The van der Waals surface area contributed by atoms with Crippen LogP contribution in [0.2, 0.25) is 0 Å². The van der Waals surface area contributed by atoms with E-state index in [1.165, 1.54) is 4.68 Å². The molecule has 0 bridgehead atoms. The lowest BCUT2D eigenvalue weighted by Gasteiger charge is -2.06. The van der Waals surface area contributed by atoms with Gasteiger partial charge in [-0.05, 0) is 23.3 Å². The molecule has 0 unspecified atom stereocenters. The summed E-state index contributed by atoms with van der Waals surface area (Å²) >= 11 is 0. The highest BCUT2D eigenvalue weighted by molar-refractivity contribution is 6.01. The van der Waals surface area contributed by atoms with Gasteiger partial charge in [0.1, 0.15) is 5.69 Å². The molecule has 11 heteroatoms. The number of aryl methyl sites for hydroxylation is 1. The van der Waals surface area contributed by atoms with Crippen LogP contribution in [0.25, 0.3) is 28.0 Å². The van der Waals surface area contributed by atoms with Crippen LogP contribution in [0.4, 0.5) is 5.82 Å². The van der Waals surface area contributed by atoms with Gasteiger partial charge < -0.3 is 10.7 Å². The van der Waals surface area contributed by atoms with E-state index in [1.54, 1.807) is 6.21 Å². The highest BCUT2D eigenvalue weighted by Gasteiger charge is 2.25. The topological polar surface area (TPSA) is 153 Å². The first-order chi connectivity index (χ1) is 15.6. The molecule has 0 saturated carbocycles. The molecule has 0 radical (unpaired) electrons. The van der Waals surface area contributed by atoms with Crippen LogP contribution in [0, 0.1) is 6.92 Å². The molecule has 0 aliphatic rings. The van der Waals surface area contributed by atoms with Crippen molar-refractivity contribution in [2.45, 2.75) is 6.92 Å². The van der Waals surface area contributed by atoms with E-state index in [0.717, 1.165) is 22.0 Å².